The molecule has 0 radical (unpaired) electrons. The molecule has 2 atom stereocenters. The van der Waals surface area contributed by atoms with Crippen LogP contribution in [0.1, 0.15) is 12.0 Å². The predicted molar refractivity (Wildman–Crippen MR) is 62.2 cm³/mol. The van der Waals surface area contributed by atoms with Gasteiger partial charge in [-0.25, -0.2) is 4.79 Å². The monoisotopic (exact) mass is 237 g/mol. The van der Waals surface area contributed by atoms with Crippen LogP contribution in [-0.4, -0.2) is 19.3 Å². The number of amides is 1. The number of alkyl carbamates (subject to hydrolysis) is 1. The van der Waals surface area contributed by atoms with Crippen molar-refractivity contribution in [2.45, 2.75) is 13.0 Å². The molecule has 0 unspecified atom stereocenters. The summed E-state index contributed by atoms with van der Waals surface area (Å²) in [7, 11) is 0. The van der Waals surface area contributed by atoms with E-state index in [-0.39, 0.29) is 19.2 Å². The third-order valence-corrected chi connectivity index (χ3v) is 2.99. The van der Waals surface area contributed by atoms with Crippen LogP contribution in [0.5, 0.6) is 0 Å². The third kappa shape index (κ3) is 3.73. The molecule has 1 fully saturated rings. The van der Waals surface area contributed by atoms with Crippen LogP contribution < -0.4 is 5.32 Å². The lowest BCUT2D eigenvalue weighted by Crippen LogP contribution is -2.26. The van der Waals surface area contributed by atoms with E-state index in [1.807, 2.05) is 30.3 Å². The van der Waals surface area contributed by atoms with Gasteiger partial charge in [0.25, 0.3) is 0 Å². The highest BCUT2D eigenvalue weighted by molar-refractivity contribution is 5.67. The lowest BCUT2D eigenvalue weighted by atomic mass is 10.2. The molecule has 1 aliphatic rings. The van der Waals surface area contributed by atoms with Crippen LogP contribution in [-0.2, 0) is 11.3 Å². The fraction of sp³-hybridized carbons (Fsp3) is 0.462. The summed E-state index contributed by atoms with van der Waals surface area (Å²) in [5, 5.41) is 2.65. The summed E-state index contributed by atoms with van der Waals surface area (Å²) in [6.45, 7) is 0.498. The smallest absolute Gasteiger partial charge is 0.407 e. The number of ether oxygens (including phenoxy) is 1. The second kappa shape index (κ2) is 5.66. The fourth-order valence-corrected chi connectivity index (χ4v) is 1.74. The van der Waals surface area contributed by atoms with Gasteiger partial charge in [-0.1, -0.05) is 30.3 Å². The Morgan fingerprint density at radius 1 is 1.35 bits per heavy atom. The number of halogens is 1. The summed E-state index contributed by atoms with van der Waals surface area (Å²) in [4.78, 5) is 11.3. The van der Waals surface area contributed by atoms with E-state index in [9.17, 15) is 9.18 Å². The number of alkyl halides is 1. The van der Waals surface area contributed by atoms with Crippen molar-refractivity contribution in [1.29, 1.82) is 0 Å². The highest BCUT2D eigenvalue weighted by atomic mass is 19.1. The van der Waals surface area contributed by atoms with Crippen LogP contribution in [0.2, 0.25) is 0 Å². The molecule has 1 amide bonds. The van der Waals surface area contributed by atoms with Crippen LogP contribution in [0.15, 0.2) is 30.3 Å². The Hall–Kier alpha value is -1.58. The van der Waals surface area contributed by atoms with Gasteiger partial charge >= 0.3 is 6.09 Å². The predicted octanol–water partition coefficient (Wildman–Crippen LogP) is 2.52. The zero-order valence-corrected chi connectivity index (χ0v) is 9.56. The zero-order chi connectivity index (χ0) is 12.1. The minimum Gasteiger partial charge on any atom is -0.445 e. The molecule has 1 saturated carbocycles. The van der Waals surface area contributed by atoms with Gasteiger partial charge in [-0.05, 0) is 23.8 Å². The molecular weight excluding hydrogens is 221 g/mol. The van der Waals surface area contributed by atoms with Crippen molar-refractivity contribution < 1.29 is 13.9 Å². The highest BCUT2D eigenvalue weighted by Gasteiger charge is 2.36. The van der Waals surface area contributed by atoms with Gasteiger partial charge in [-0.2, -0.15) is 0 Å². The van der Waals surface area contributed by atoms with Crippen LogP contribution in [0.25, 0.3) is 0 Å². The standard InChI is InChI=1S/C13H16FNO2/c14-7-11-6-12(11)8-15-13(16)17-9-10-4-2-1-3-5-10/h1-5,11-12H,6-9H2,(H,15,16)/t11-,12+/m0/s1. The molecule has 1 aromatic rings. The van der Waals surface area contributed by atoms with E-state index < -0.39 is 6.09 Å². The first-order valence-corrected chi connectivity index (χ1v) is 5.80. The van der Waals surface area contributed by atoms with Gasteiger partial charge in [0.15, 0.2) is 0 Å². The molecule has 0 aromatic heterocycles. The van der Waals surface area contributed by atoms with Crippen LogP contribution in [0.3, 0.4) is 0 Å². The molecule has 1 N–H and O–H groups in total. The van der Waals surface area contributed by atoms with E-state index in [0.29, 0.717) is 12.5 Å². The van der Waals surface area contributed by atoms with Gasteiger partial charge in [0, 0.05) is 6.54 Å². The molecule has 2 rings (SSSR count). The van der Waals surface area contributed by atoms with E-state index in [2.05, 4.69) is 5.32 Å². The van der Waals surface area contributed by atoms with Crippen molar-refractivity contribution >= 4 is 6.09 Å². The van der Waals surface area contributed by atoms with Crippen LogP contribution in [0.4, 0.5) is 9.18 Å². The van der Waals surface area contributed by atoms with E-state index in [1.54, 1.807) is 0 Å². The van der Waals surface area contributed by atoms with Crippen molar-refractivity contribution in [3.05, 3.63) is 35.9 Å². The number of carbonyl (C=O) groups excluding carboxylic acids is 1. The fourth-order valence-electron chi connectivity index (χ4n) is 1.74. The summed E-state index contributed by atoms with van der Waals surface area (Å²) in [6.07, 6.45) is 0.438. The van der Waals surface area contributed by atoms with E-state index in [1.165, 1.54) is 0 Å². The molecule has 0 heterocycles. The Morgan fingerprint density at radius 3 is 2.76 bits per heavy atom. The third-order valence-electron chi connectivity index (χ3n) is 2.99. The first-order chi connectivity index (χ1) is 8.29. The number of benzene rings is 1. The van der Waals surface area contributed by atoms with Gasteiger partial charge in [0.1, 0.15) is 6.61 Å². The highest BCUT2D eigenvalue weighted by Crippen LogP contribution is 2.37. The van der Waals surface area contributed by atoms with E-state index in [4.69, 9.17) is 4.74 Å². The maximum Gasteiger partial charge on any atom is 0.407 e. The molecular formula is C13H16FNO2. The number of rotatable bonds is 5. The lowest BCUT2D eigenvalue weighted by molar-refractivity contribution is 0.139. The van der Waals surface area contributed by atoms with Gasteiger partial charge in [0.2, 0.25) is 0 Å². The van der Waals surface area contributed by atoms with E-state index >= 15 is 0 Å². The molecule has 4 heteroatoms. The molecule has 1 aliphatic carbocycles. The van der Waals surface area contributed by atoms with Crippen molar-refractivity contribution in [1.82, 2.24) is 5.32 Å². The quantitative estimate of drug-likeness (QED) is 0.854. The maximum absolute atomic E-state index is 12.2. The molecule has 0 aliphatic heterocycles. The van der Waals surface area contributed by atoms with Gasteiger partial charge < -0.3 is 10.1 Å². The molecule has 0 bridgehead atoms. The first kappa shape index (κ1) is 11.9. The summed E-state index contributed by atoms with van der Waals surface area (Å²) < 4.78 is 17.2. The van der Waals surface area contributed by atoms with Crippen molar-refractivity contribution in [2.75, 3.05) is 13.2 Å². The second-order valence-corrected chi connectivity index (χ2v) is 4.35. The summed E-state index contributed by atoms with van der Waals surface area (Å²) in [5.41, 5.74) is 0.954. The molecule has 0 saturated heterocycles. The van der Waals surface area contributed by atoms with Crippen molar-refractivity contribution in [2.24, 2.45) is 11.8 Å². The lowest BCUT2D eigenvalue weighted by Gasteiger charge is -2.06. The molecule has 17 heavy (non-hydrogen) atoms. The Balaban J connectivity index is 1.61. The largest absolute Gasteiger partial charge is 0.445 e. The number of carbonyl (C=O) groups is 1. The number of hydrogen-bond acceptors (Lipinski definition) is 2. The topological polar surface area (TPSA) is 38.3 Å². The average molecular weight is 237 g/mol. The second-order valence-electron chi connectivity index (χ2n) is 4.35. The Labute approximate surface area is 100.0 Å². The van der Waals surface area contributed by atoms with E-state index in [0.717, 1.165) is 12.0 Å². The molecule has 3 nitrogen and oxygen atoms in total. The number of hydrogen-bond donors (Lipinski definition) is 1. The summed E-state index contributed by atoms with van der Waals surface area (Å²) >= 11 is 0. The van der Waals surface area contributed by atoms with Crippen LogP contribution in [0, 0.1) is 11.8 Å². The number of nitrogens with one attached hydrogen (secondary N) is 1. The summed E-state index contributed by atoms with van der Waals surface area (Å²) in [6, 6.07) is 9.49. The van der Waals surface area contributed by atoms with Gasteiger partial charge in [-0.15, -0.1) is 0 Å². The molecule has 92 valence electrons. The maximum atomic E-state index is 12.2. The molecule has 0 spiro atoms. The Morgan fingerprint density at radius 2 is 2.12 bits per heavy atom. The minimum atomic E-state index is -0.432. The Kier molecular flexibility index (Phi) is 3.96. The van der Waals surface area contributed by atoms with Crippen LogP contribution >= 0.6 is 0 Å². The normalized spacial score (nSPS) is 21.9. The van der Waals surface area contributed by atoms with Gasteiger partial charge in [-0.3, -0.25) is 4.39 Å². The Bertz CT molecular complexity index is 369. The minimum absolute atomic E-state index is 0.143. The van der Waals surface area contributed by atoms with Gasteiger partial charge in [0.05, 0.1) is 6.67 Å². The van der Waals surface area contributed by atoms with Crippen molar-refractivity contribution in [3.63, 3.8) is 0 Å². The zero-order valence-electron chi connectivity index (χ0n) is 9.56. The SMILES string of the molecule is O=C(NC[C@H]1C[C@H]1CF)OCc1ccccc1. The first-order valence-electron chi connectivity index (χ1n) is 5.80. The average Bonchev–Trinajstić information content (AvgIpc) is 3.14. The summed E-state index contributed by atoms with van der Waals surface area (Å²) in [5.74, 6) is 0.439. The van der Waals surface area contributed by atoms with Crippen molar-refractivity contribution in [3.8, 4) is 0 Å². The molecule has 1 aromatic carbocycles.